The summed E-state index contributed by atoms with van der Waals surface area (Å²) in [6, 6.07) is 0. The first kappa shape index (κ1) is 13.2. The van der Waals surface area contributed by atoms with Crippen LogP contribution in [-0.2, 0) is 20.4 Å². The van der Waals surface area contributed by atoms with Crippen LogP contribution in [0.25, 0.3) is 0 Å². The summed E-state index contributed by atoms with van der Waals surface area (Å²) in [4.78, 5) is 21.9. The number of carbonyl (C=O) groups excluding carboxylic acids is 1. The van der Waals surface area contributed by atoms with Gasteiger partial charge in [0.1, 0.15) is 0 Å². The van der Waals surface area contributed by atoms with Crippen molar-refractivity contribution in [2.45, 2.75) is 25.0 Å². The van der Waals surface area contributed by atoms with Crippen LogP contribution in [0.2, 0.25) is 0 Å². The van der Waals surface area contributed by atoms with Gasteiger partial charge in [-0.25, -0.2) is 0 Å². The summed E-state index contributed by atoms with van der Waals surface area (Å²) in [6.07, 6.45) is 2.73. The van der Waals surface area contributed by atoms with Gasteiger partial charge in [0, 0.05) is 28.9 Å². The molecule has 6 heteroatoms. The Morgan fingerprint density at radius 3 is 2.56 bits per heavy atom. The quantitative estimate of drug-likeness (QED) is 0.691. The van der Waals surface area contributed by atoms with Crippen LogP contribution in [0.4, 0.5) is 0 Å². The molecule has 0 aromatic heterocycles. The van der Waals surface area contributed by atoms with E-state index in [2.05, 4.69) is 5.32 Å². The Morgan fingerprint density at radius 1 is 1.50 bits per heavy atom. The van der Waals surface area contributed by atoms with Crippen LogP contribution in [0.3, 0.4) is 0 Å². The Kier molecular flexibility index (Phi) is 4.46. The Labute approximate surface area is 97.1 Å². The zero-order chi connectivity index (χ0) is 12.3. The smallest absolute Gasteiger partial charge is 0.307 e. The van der Waals surface area contributed by atoms with Crippen LogP contribution in [0.5, 0.6) is 0 Å². The molecule has 5 nitrogen and oxygen atoms in total. The van der Waals surface area contributed by atoms with Crippen LogP contribution in [0.1, 0.15) is 19.8 Å². The lowest BCUT2D eigenvalue weighted by molar-refractivity contribution is -0.140. The van der Waals surface area contributed by atoms with Crippen molar-refractivity contribution in [3.8, 4) is 0 Å². The first-order chi connectivity index (χ1) is 7.43. The summed E-state index contributed by atoms with van der Waals surface area (Å²) < 4.78 is 11.0. The predicted octanol–water partition coefficient (Wildman–Crippen LogP) is -0.0196. The van der Waals surface area contributed by atoms with E-state index in [0.717, 1.165) is 0 Å². The number of rotatable bonds is 6. The van der Waals surface area contributed by atoms with E-state index in [1.54, 1.807) is 6.26 Å². The summed E-state index contributed by atoms with van der Waals surface area (Å²) in [7, 11) is -0.880. The summed E-state index contributed by atoms with van der Waals surface area (Å²) in [5, 5.41) is 11.4. The monoisotopic (exact) mass is 247 g/mol. The zero-order valence-corrected chi connectivity index (χ0v) is 10.3. The zero-order valence-electron chi connectivity index (χ0n) is 9.43. The Morgan fingerprint density at radius 2 is 2.12 bits per heavy atom. The Hall–Kier alpha value is -0.910. The van der Waals surface area contributed by atoms with E-state index in [1.807, 2.05) is 6.92 Å². The van der Waals surface area contributed by atoms with Crippen molar-refractivity contribution in [2.24, 2.45) is 11.8 Å². The van der Waals surface area contributed by atoms with Crippen LogP contribution in [0.15, 0.2) is 0 Å². The lowest BCUT2D eigenvalue weighted by Crippen LogP contribution is -2.29. The average molecular weight is 247 g/mol. The van der Waals surface area contributed by atoms with Gasteiger partial charge in [-0.1, -0.05) is 6.92 Å². The molecule has 1 amide bonds. The average Bonchev–Trinajstić information content (AvgIpc) is 2.96. The number of carboxylic acids is 1. The fourth-order valence-corrected chi connectivity index (χ4v) is 1.90. The molecule has 0 aromatic carbocycles. The second kappa shape index (κ2) is 5.43. The second-order valence-electron chi connectivity index (χ2n) is 4.18. The molecule has 0 aromatic rings. The van der Waals surface area contributed by atoms with Crippen molar-refractivity contribution in [3.05, 3.63) is 0 Å². The largest absolute Gasteiger partial charge is 0.481 e. The van der Waals surface area contributed by atoms with Crippen molar-refractivity contribution in [1.82, 2.24) is 5.32 Å². The van der Waals surface area contributed by atoms with Crippen molar-refractivity contribution >= 4 is 22.7 Å². The minimum absolute atomic E-state index is 0.0507. The maximum Gasteiger partial charge on any atom is 0.307 e. The fourth-order valence-electron chi connectivity index (χ4n) is 1.45. The highest BCUT2D eigenvalue weighted by atomic mass is 32.2. The van der Waals surface area contributed by atoms with E-state index < -0.39 is 22.7 Å². The van der Waals surface area contributed by atoms with E-state index in [1.165, 1.54) is 0 Å². The molecular weight excluding hydrogens is 230 g/mol. The Bertz CT molecular complexity index is 318. The standard InChI is InChI=1S/C10H17NO4S/c1-6(16(2)15)3-4-11-9(12)7-5-8(7)10(13)14/h6-8H,3-5H2,1-2H3,(H,11,12)(H,13,14). The minimum Gasteiger partial charge on any atom is -0.481 e. The number of carbonyl (C=O) groups is 2. The number of hydrogen-bond acceptors (Lipinski definition) is 3. The number of nitrogens with one attached hydrogen (secondary N) is 1. The van der Waals surface area contributed by atoms with Gasteiger partial charge in [-0.05, 0) is 12.8 Å². The highest BCUT2D eigenvalue weighted by Gasteiger charge is 2.48. The van der Waals surface area contributed by atoms with Gasteiger partial charge in [0.25, 0.3) is 0 Å². The highest BCUT2D eigenvalue weighted by molar-refractivity contribution is 7.84. The molecule has 0 aliphatic heterocycles. The van der Waals surface area contributed by atoms with Gasteiger partial charge < -0.3 is 10.4 Å². The molecule has 0 spiro atoms. The molecule has 4 unspecified atom stereocenters. The van der Waals surface area contributed by atoms with E-state index >= 15 is 0 Å². The third kappa shape index (κ3) is 3.59. The van der Waals surface area contributed by atoms with E-state index in [4.69, 9.17) is 5.11 Å². The summed E-state index contributed by atoms with van der Waals surface area (Å²) >= 11 is 0. The summed E-state index contributed by atoms with van der Waals surface area (Å²) in [5.74, 6) is -1.96. The highest BCUT2D eigenvalue weighted by Crippen LogP contribution is 2.38. The molecule has 1 aliphatic rings. The van der Waals surface area contributed by atoms with Crippen molar-refractivity contribution in [3.63, 3.8) is 0 Å². The Balaban J connectivity index is 2.18. The molecule has 1 rings (SSSR count). The molecule has 1 saturated carbocycles. The van der Waals surface area contributed by atoms with Gasteiger partial charge >= 0.3 is 5.97 Å². The van der Waals surface area contributed by atoms with Gasteiger partial charge in [0.15, 0.2) is 0 Å². The van der Waals surface area contributed by atoms with Crippen LogP contribution in [0, 0.1) is 11.8 Å². The molecular formula is C10H17NO4S. The molecule has 1 fully saturated rings. The number of amides is 1. The summed E-state index contributed by atoms with van der Waals surface area (Å²) in [5.41, 5.74) is 0. The normalized spacial score (nSPS) is 26.9. The van der Waals surface area contributed by atoms with Crippen molar-refractivity contribution < 1.29 is 18.9 Å². The van der Waals surface area contributed by atoms with Gasteiger partial charge in [-0.15, -0.1) is 0 Å². The topological polar surface area (TPSA) is 83.5 Å². The SMILES string of the molecule is CC(CCNC(=O)C1CC1C(=O)O)S(C)=O. The third-order valence-corrected chi connectivity index (χ3v) is 4.23. The minimum atomic E-state index is -0.900. The number of carboxylic acid groups (broad SMARTS) is 1. The van der Waals surface area contributed by atoms with E-state index in [-0.39, 0.29) is 17.1 Å². The first-order valence-corrected chi connectivity index (χ1v) is 6.88. The lowest BCUT2D eigenvalue weighted by Gasteiger charge is -2.08. The molecule has 4 atom stereocenters. The lowest BCUT2D eigenvalue weighted by atomic mass is 10.3. The third-order valence-electron chi connectivity index (χ3n) is 2.86. The van der Waals surface area contributed by atoms with Crippen molar-refractivity contribution in [1.29, 1.82) is 0 Å². The van der Waals surface area contributed by atoms with Crippen molar-refractivity contribution in [2.75, 3.05) is 12.8 Å². The number of aliphatic carboxylic acids is 1. The van der Waals surface area contributed by atoms with Crippen LogP contribution >= 0.6 is 0 Å². The number of hydrogen-bond donors (Lipinski definition) is 2. The molecule has 0 radical (unpaired) electrons. The fraction of sp³-hybridized carbons (Fsp3) is 0.800. The summed E-state index contributed by atoms with van der Waals surface area (Å²) in [6.45, 7) is 2.32. The van der Waals surface area contributed by atoms with E-state index in [9.17, 15) is 13.8 Å². The molecule has 1 aliphatic carbocycles. The molecule has 16 heavy (non-hydrogen) atoms. The van der Waals surface area contributed by atoms with Gasteiger partial charge in [-0.3, -0.25) is 13.8 Å². The van der Waals surface area contributed by atoms with Gasteiger partial charge in [0.05, 0.1) is 11.8 Å². The second-order valence-corrected chi connectivity index (χ2v) is 5.98. The molecule has 0 bridgehead atoms. The molecule has 2 N–H and O–H groups in total. The maximum absolute atomic E-state index is 11.4. The van der Waals surface area contributed by atoms with Gasteiger partial charge in [-0.2, -0.15) is 0 Å². The first-order valence-electron chi connectivity index (χ1n) is 5.26. The van der Waals surface area contributed by atoms with Crippen LogP contribution < -0.4 is 5.32 Å². The molecule has 0 heterocycles. The van der Waals surface area contributed by atoms with Gasteiger partial charge in [0.2, 0.25) is 5.91 Å². The maximum atomic E-state index is 11.4. The van der Waals surface area contributed by atoms with Crippen LogP contribution in [-0.4, -0.2) is 39.2 Å². The molecule has 92 valence electrons. The van der Waals surface area contributed by atoms with E-state index in [0.29, 0.717) is 19.4 Å². The predicted molar refractivity (Wildman–Crippen MR) is 60.4 cm³/mol. The molecule has 0 saturated heterocycles.